The molecule has 0 radical (unpaired) electrons. The Balaban J connectivity index is 1.99. The highest BCUT2D eigenvalue weighted by molar-refractivity contribution is 5.53. The molecule has 2 aromatic heterocycles. The Kier molecular flexibility index (Phi) is 5.50. The van der Waals surface area contributed by atoms with Crippen molar-refractivity contribution in [2.45, 2.75) is 18.9 Å². The fourth-order valence-electron chi connectivity index (χ4n) is 3.11. The van der Waals surface area contributed by atoms with E-state index in [1.165, 1.54) is 5.56 Å². The predicted octanol–water partition coefficient (Wildman–Crippen LogP) is 0.764. The smallest absolute Gasteiger partial charge is 0.227 e. The Hall–Kier alpha value is -2.19. The molecule has 0 fully saturated rings. The minimum Gasteiger partial charge on any atom is -0.382 e. The van der Waals surface area contributed by atoms with Crippen molar-refractivity contribution in [2.24, 2.45) is 7.05 Å². The van der Waals surface area contributed by atoms with Crippen LogP contribution in [0, 0.1) is 0 Å². The lowest BCUT2D eigenvalue weighted by Gasteiger charge is -2.23. The Morgan fingerprint density at radius 2 is 2.12 bits per heavy atom. The van der Waals surface area contributed by atoms with Crippen LogP contribution in [0.15, 0.2) is 12.3 Å². The molecule has 0 saturated heterocycles. The number of nitrogens with one attached hydrogen (secondary N) is 2. The van der Waals surface area contributed by atoms with Crippen LogP contribution in [0.25, 0.3) is 0 Å². The van der Waals surface area contributed by atoms with E-state index in [0.29, 0.717) is 6.61 Å². The van der Waals surface area contributed by atoms with E-state index in [2.05, 4.69) is 15.7 Å². The lowest BCUT2D eigenvalue weighted by molar-refractivity contribution is 0.184. The molecule has 1 aliphatic heterocycles. The molecule has 0 aliphatic carbocycles. The Morgan fingerprint density at radius 1 is 1.32 bits per heavy atom. The minimum absolute atomic E-state index is 0.0253. The number of aryl methyl sites for hydroxylation is 1. The average Bonchev–Trinajstić information content (AvgIpc) is 2.87. The van der Waals surface area contributed by atoms with E-state index in [0.717, 1.165) is 49.1 Å². The van der Waals surface area contributed by atoms with Gasteiger partial charge in [-0.1, -0.05) is 0 Å². The first-order chi connectivity index (χ1) is 12.1. The van der Waals surface area contributed by atoms with Gasteiger partial charge in [-0.15, -0.1) is 0 Å². The second-order valence-electron chi connectivity index (χ2n) is 6.47. The van der Waals surface area contributed by atoms with Crippen LogP contribution in [-0.4, -0.2) is 60.6 Å². The molecule has 8 heteroatoms. The lowest BCUT2D eigenvalue weighted by atomic mass is 10.1. The number of ether oxygens (including phenoxy) is 1. The fraction of sp³-hybridized carbons (Fsp3) is 0.588. The van der Waals surface area contributed by atoms with Crippen molar-refractivity contribution in [3.8, 4) is 0 Å². The number of hydrogen-bond donors (Lipinski definition) is 2. The SMILES string of the molecule is COC[C@H](Nc1nc(N(C)C)nc2c1CCNCC2)c1ccnn1C. The number of anilines is 2. The summed E-state index contributed by atoms with van der Waals surface area (Å²) in [5, 5.41) is 11.3. The van der Waals surface area contributed by atoms with Gasteiger partial charge in [-0.3, -0.25) is 4.68 Å². The fourth-order valence-corrected chi connectivity index (χ4v) is 3.11. The second kappa shape index (κ2) is 7.79. The molecule has 0 aromatic carbocycles. The Labute approximate surface area is 148 Å². The maximum absolute atomic E-state index is 5.43. The van der Waals surface area contributed by atoms with Crippen LogP contribution in [0.2, 0.25) is 0 Å². The highest BCUT2D eigenvalue weighted by Gasteiger charge is 2.22. The first-order valence-corrected chi connectivity index (χ1v) is 8.61. The summed E-state index contributed by atoms with van der Waals surface area (Å²) in [5.41, 5.74) is 3.37. The molecule has 3 rings (SSSR count). The van der Waals surface area contributed by atoms with Crippen LogP contribution >= 0.6 is 0 Å². The van der Waals surface area contributed by atoms with Gasteiger partial charge in [0.05, 0.1) is 24.0 Å². The third-order valence-corrected chi connectivity index (χ3v) is 4.43. The second-order valence-corrected chi connectivity index (χ2v) is 6.47. The molecule has 1 aliphatic rings. The van der Waals surface area contributed by atoms with Gasteiger partial charge in [-0.05, 0) is 19.0 Å². The monoisotopic (exact) mass is 345 g/mol. The molecule has 0 amide bonds. The summed E-state index contributed by atoms with van der Waals surface area (Å²) in [5.74, 6) is 1.62. The summed E-state index contributed by atoms with van der Waals surface area (Å²) < 4.78 is 7.30. The summed E-state index contributed by atoms with van der Waals surface area (Å²) in [6, 6.07) is 1.98. The zero-order chi connectivity index (χ0) is 17.8. The first kappa shape index (κ1) is 17.6. The molecule has 3 heterocycles. The van der Waals surface area contributed by atoms with Gasteiger partial charge in [-0.2, -0.15) is 10.1 Å². The van der Waals surface area contributed by atoms with Gasteiger partial charge in [0.1, 0.15) is 5.82 Å². The summed E-state index contributed by atoms with van der Waals surface area (Å²) in [6.45, 7) is 2.42. The highest BCUT2D eigenvalue weighted by atomic mass is 16.5. The van der Waals surface area contributed by atoms with Crippen molar-refractivity contribution in [3.63, 3.8) is 0 Å². The zero-order valence-corrected chi connectivity index (χ0v) is 15.4. The third kappa shape index (κ3) is 3.91. The van der Waals surface area contributed by atoms with Gasteiger partial charge in [0.15, 0.2) is 0 Å². The van der Waals surface area contributed by atoms with Crippen LogP contribution in [0.4, 0.5) is 11.8 Å². The van der Waals surface area contributed by atoms with Crippen LogP contribution < -0.4 is 15.5 Å². The van der Waals surface area contributed by atoms with Gasteiger partial charge >= 0.3 is 0 Å². The van der Waals surface area contributed by atoms with Crippen molar-refractivity contribution in [3.05, 3.63) is 29.2 Å². The number of hydrogen-bond acceptors (Lipinski definition) is 7. The third-order valence-electron chi connectivity index (χ3n) is 4.43. The van der Waals surface area contributed by atoms with Gasteiger partial charge < -0.3 is 20.3 Å². The van der Waals surface area contributed by atoms with Crippen LogP contribution in [0.3, 0.4) is 0 Å². The largest absolute Gasteiger partial charge is 0.382 e. The van der Waals surface area contributed by atoms with Gasteiger partial charge in [-0.25, -0.2) is 4.98 Å². The molecule has 0 saturated carbocycles. The molecule has 1 atom stereocenters. The minimum atomic E-state index is -0.0253. The topological polar surface area (TPSA) is 80.1 Å². The van der Waals surface area contributed by atoms with Crippen molar-refractivity contribution in [1.29, 1.82) is 0 Å². The van der Waals surface area contributed by atoms with Crippen molar-refractivity contribution in [2.75, 3.05) is 51.1 Å². The molecule has 0 bridgehead atoms. The van der Waals surface area contributed by atoms with E-state index < -0.39 is 0 Å². The molecular weight excluding hydrogens is 318 g/mol. The van der Waals surface area contributed by atoms with E-state index in [9.17, 15) is 0 Å². The molecule has 2 aromatic rings. The molecular formula is C17H27N7O. The maximum Gasteiger partial charge on any atom is 0.227 e. The number of rotatable bonds is 6. The van der Waals surface area contributed by atoms with E-state index in [1.54, 1.807) is 13.3 Å². The van der Waals surface area contributed by atoms with E-state index >= 15 is 0 Å². The van der Waals surface area contributed by atoms with Gasteiger partial charge in [0.25, 0.3) is 0 Å². The molecule has 8 nitrogen and oxygen atoms in total. The molecule has 0 unspecified atom stereocenters. The molecule has 25 heavy (non-hydrogen) atoms. The van der Waals surface area contributed by atoms with Crippen molar-refractivity contribution < 1.29 is 4.74 Å². The van der Waals surface area contributed by atoms with Crippen LogP contribution in [-0.2, 0) is 24.6 Å². The lowest BCUT2D eigenvalue weighted by Crippen LogP contribution is -2.23. The normalized spacial score (nSPS) is 15.4. The standard InChI is InChI=1S/C17H27N7O/c1-23(2)17-21-13-6-9-18-8-5-12(13)16(22-17)20-14(11-25-4)15-7-10-19-24(15)3/h7,10,14,18H,5-6,8-9,11H2,1-4H3,(H,20,21,22)/t14-/m0/s1. The Bertz CT molecular complexity index is 713. The Morgan fingerprint density at radius 3 is 2.80 bits per heavy atom. The maximum atomic E-state index is 5.43. The summed E-state index contributed by atoms with van der Waals surface area (Å²) in [6.07, 6.45) is 3.62. The zero-order valence-electron chi connectivity index (χ0n) is 15.4. The molecule has 0 spiro atoms. The number of aromatic nitrogens is 4. The average molecular weight is 345 g/mol. The first-order valence-electron chi connectivity index (χ1n) is 8.61. The quantitative estimate of drug-likeness (QED) is 0.800. The van der Waals surface area contributed by atoms with E-state index in [4.69, 9.17) is 14.7 Å². The van der Waals surface area contributed by atoms with E-state index in [1.807, 2.05) is 36.8 Å². The summed E-state index contributed by atoms with van der Waals surface area (Å²) in [7, 11) is 7.58. The molecule has 136 valence electrons. The summed E-state index contributed by atoms with van der Waals surface area (Å²) >= 11 is 0. The number of fused-ring (bicyclic) bond motifs is 1. The highest BCUT2D eigenvalue weighted by Crippen LogP contribution is 2.26. The van der Waals surface area contributed by atoms with Crippen LogP contribution in [0.1, 0.15) is 23.0 Å². The summed E-state index contributed by atoms with van der Waals surface area (Å²) in [4.78, 5) is 11.5. The van der Waals surface area contributed by atoms with Crippen molar-refractivity contribution in [1.82, 2.24) is 25.1 Å². The van der Waals surface area contributed by atoms with E-state index in [-0.39, 0.29) is 6.04 Å². The number of nitrogens with zero attached hydrogens (tertiary/aromatic N) is 5. The number of methoxy groups -OCH3 is 1. The van der Waals surface area contributed by atoms with Gasteiger partial charge in [0.2, 0.25) is 5.95 Å². The molecule has 2 N–H and O–H groups in total. The van der Waals surface area contributed by atoms with Gasteiger partial charge in [0, 0.05) is 53.0 Å². The van der Waals surface area contributed by atoms with Crippen LogP contribution in [0.5, 0.6) is 0 Å². The van der Waals surface area contributed by atoms with Crippen molar-refractivity contribution >= 4 is 11.8 Å². The predicted molar refractivity (Wildman–Crippen MR) is 98.1 cm³/mol.